The van der Waals surface area contributed by atoms with Gasteiger partial charge in [0.1, 0.15) is 4.90 Å². The Morgan fingerprint density at radius 1 is 0.971 bits per heavy atom. The van der Waals surface area contributed by atoms with E-state index in [1.54, 1.807) is 30.3 Å². The fourth-order valence-corrected chi connectivity index (χ4v) is 3.27. The van der Waals surface area contributed by atoms with E-state index >= 15 is 0 Å². The molecular formula is C21H17F6NO5S. The summed E-state index contributed by atoms with van der Waals surface area (Å²) in [7, 11) is -5.23. The highest BCUT2D eigenvalue weighted by atomic mass is 32.2. The lowest BCUT2D eigenvalue weighted by Crippen LogP contribution is -2.15. The number of ether oxygens (including phenoxy) is 1. The zero-order valence-corrected chi connectivity index (χ0v) is 18.2. The molecule has 0 bridgehead atoms. The number of halogens is 6. The topological polar surface area (TPSA) is 82.0 Å². The predicted octanol–water partition coefficient (Wildman–Crippen LogP) is 5.45. The monoisotopic (exact) mass is 509 g/mol. The maximum Gasteiger partial charge on any atom is 0.416 e. The van der Waals surface area contributed by atoms with Crippen molar-refractivity contribution in [3.8, 4) is 0 Å². The number of rotatable bonds is 8. The van der Waals surface area contributed by atoms with Gasteiger partial charge in [0, 0.05) is 0 Å². The van der Waals surface area contributed by atoms with Crippen molar-refractivity contribution in [3.63, 3.8) is 0 Å². The minimum absolute atomic E-state index is 0.00186. The number of allylic oxidation sites excluding steroid dienone is 1. The van der Waals surface area contributed by atoms with Gasteiger partial charge in [0.25, 0.3) is 0 Å². The second-order valence-corrected chi connectivity index (χ2v) is 8.11. The molecule has 0 aliphatic heterocycles. The Hall–Kier alpha value is -3.35. The highest BCUT2D eigenvalue weighted by molar-refractivity contribution is 7.86. The van der Waals surface area contributed by atoms with E-state index in [0.29, 0.717) is 5.56 Å². The summed E-state index contributed by atoms with van der Waals surface area (Å²) in [5.74, 6) is -0.821. The third-order valence-corrected chi connectivity index (χ3v) is 5.08. The standard InChI is InChI=1S/C21H17F6NO5S/c1-2-32-19(29)13-17(9-8-14-6-4-3-5-7-14)28-33-34(30,31)18-11-15(20(22,23)24)10-16(12-18)21(25,26)27/h3-12H,2,13H2,1H3/b9-8+,28-17-. The molecule has 13 heteroatoms. The minimum atomic E-state index is -5.26. The fourth-order valence-electron chi connectivity index (χ4n) is 2.45. The maximum absolute atomic E-state index is 13.0. The molecule has 0 heterocycles. The van der Waals surface area contributed by atoms with Crippen LogP contribution in [-0.4, -0.2) is 26.7 Å². The van der Waals surface area contributed by atoms with Crippen LogP contribution < -0.4 is 0 Å². The lowest BCUT2D eigenvalue weighted by Gasteiger charge is -2.13. The summed E-state index contributed by atoms with van der Waals surface area (Å²) in [6.07, 6.45) is -8.48. The zero-order valence-electron chi connectivity index (χ0n) is 17.4. The average Bonchev–Trinajstić information content (AvgIpc) is 2.75. The SMILES string of the molecule is CCOC(=O)CC(/C=C/c1ccccc1)=N\OS(=O)(=O)c1cc(C(F)(F)F)cc(C(F)(F)F)c1. The quantitative estimate of drug-likeness (QED) is 0.205. The van der Waals surface area contributed by atoms with Crippen LogP contribution in [0.25, 0.3) is 6.08 Å². The van der Waals surface area contributed by atoms with E-state index in [4.69, 9.17) is 4.74 Å². The van der Waals surface area contributed by atoms with Gasteiger partial charge in [-0.1, -0.05) is 41.6 Å². The van der Waals surface area contributed by atoms with Gasteiger partial charge in [-0.2, -0.15) is 34.8 Å². The van der Waals surface area contributed by atoms with E-state index in [-0.39, 0.29) is 30.5 Å². The van der Waals surface area contributed by atoms with E-state index in [9.17, 15) is 39.6 Å². The maximum atomic E-state index is 13.0. The van der Waals surface area contributed by atoms with E-state index in [1.807, 2.05) is 0 Å². The molecule has 0 atom stereocenters. The summed E-state index contributed by atoms with van der Waals surface area (Å²) in [6, 6.07) is 8.19. The summed E-state index contributed by atoms with van der Waals surface area (Å²) in [6.45, 7) is 1.51. The molecule has 0 fully saturated rings. The number of carbonyl (C=O) groups excluding carboxylic acids is 1. The molecule has 0 saturated carbocycles. The molecule has 6 nitrogen and oxygen atoms in total. The highest BCUT2D eigenvalue weighted by Crippen LogP contribution is 2.37. The van der Waals surface area contributed by atoms with E-state index in [1.165, 1.54) is 19.1 Å². The number of hydrogen-bond donors (Lipinski definition) is 0. The van der Waals surface area contributed by atoms with Crippen molar-refractivity contribution >= 4 is 27.9 Å². The predicted molar refractivity (Wildman–Crippen MR) is 109 cm³/mol. The molecule has 0 amide bonds. The summed E-state index contributed by atoms with van der Waals surface area (Å²) in [4.78, 5) is 10.4. The molecule has 184 valence electrons. The number of alkyl halides is 6. The van der Waals surface area contributed by atoms with Crippen molar-refractivity contribution in [3.05, 3.63) is 71.3 Å². The number of esters is 1. The van der Waals surface area contributed by atoms with Gasteiger partial charge in [0.05, 0.1) is 29.9 Å². The Bertz CT molecular complexity index is 1140. The Kier molecular flexibility index (Phi) is 8.48. The van der Waals surface area contributed by atoms with Crippen molar-refractivity contribution in [1.29, 1.82) is 0 Å². The molecular weight excluding hydrogens is 492 g/mol. The third-order valence-electron chi connectivity index (χ3n) is 4.00. The minimum Gasteiger partial charge on any atom is -0.466 e. The van der Waals surface area contributed by atoms with Crippen LogP contribution in [0.5, 0.6) is 0 Å². The van der Waals surface area contributed by atoms with Crippen LogP contribution in [0.2, 0.25) is 0 Å². The van der Waals surface area contributed by atoms with E-state index in [0.717, 1.165) is 0 Å². The van der Waals surface area contributed by atoms with Crippen molar-refractivity contribution in [1.82, 2.24) is 0 Å². The smallest absolute Gasteiger partial charge is 0.416 e. The Morgan fingerprint density at radius 3 is 2.03 bits per heavy atom. The average molecular weight is 509 g/mol. The fraction of sp³-hybridized carbons (Fsp3) is 0.238. The molecule has 34 heavy (non-hydrogen) atoms. The van der Waals surface area contributed by atoms with Crippen LogP contribution in [-0.2, 0) is 36.3 Å². The van der Waals surface area contributed by atoms with E-state index in [2.05, 4.69) is 9.44 Å². The number of hydrogen-bond acceptors (Lipinski definition) is 6. The Balaban J connectivity index is 2.44. The van der Waals surface area contributed by atoms with Crippen molar-refractivity contribution in [2.45, 2.75) is 30.6 Å². The van der Waals surface area contributed by atoms with Gasteiger partial charge in [-0.15, -0.1) is 0 Å². The first kappa shape index (κ1) is 26.9. The van der Waals surface area contributed by atoms with Gasteiger partial charge in [0.2, 0.25) is 0 Å². The van der Waals surface area contributed by atoms with E-state index < -0.39 is 50.9 Å². The summed E-state index contributed by atoms with van der Waals surface area (Å²) in [5, 5.41) is 3.27. The van der Waals surface area contributed by atoms with Gasteiger partial charge < -0.3 is 4.74 Å². The number of benzene rings is 2. The molecule has 0 unspecified atom stereocenters. The Labute approximate surface area is 190 Å². The van der Waals surface area contributed by atoms with Crippen LogP contribution in [0, 0.1) is 0 Å². The number of nitrogens with zero attached hydrogens (tertiary/aromatic N) is 1. The second-order valence-electron chi connectivity index (χ2n) is 6.58. The highest BCUT2D eigenvalue weighted by Gasteiger charge is 2.38. The first-order chi connectivity index (χ1) is 15.7. The second kappa shape index (κ2) is 10.7. The summed E-state index contributed by atoms with van der Waals surface area (Å²) < 4.78 is 112. The molecule has 2 rings (SSSR count). The van der Waals surface area contributed by atoms with Gasteiger partial charge in [0.15, 0.2) is 0 Å². The lowest BCUT2D eigenvalue weighted by atomic mass is 10.1. The first-order valence-electron chi connectivity index (χ1n) is 9.41. The van der Waals surface area contributed by atoms with Crippen molar-refractivity contribution in [2.75, 3.05) is 6.61 Å². The lowest BCUT2D eigenvalue weighted by molar-refractivity contribution is -0.144. The molecule has 0 aliphatic carbocycles. The number of carbonyl (C=O) groups is 1. The molecule has 2 aromatic carbocycles. The molecule has 0 aromatic heterocycles. The normalized spacial score (nSPS) is 13.2. The molecule has 0 N–H and O–H groups in total. The number of oxime groups is 1. The first-order valence-corrected chi connectivity index (χ1v) is 10.8. The van der Waals surface area contributed by atoms with Crippen molar-refractivity contribution in [2.24, 2.45) is 5.16 Å². The molecule has 0 saturated heterocycles. The third kappa shape index (κ3) is 7.90. The molecule has 0 spiro atoms. The van der Waals surface area contributed by atoms with Gasteiger partial charge in [-0.05, 0) is 36.8 Å². The van der Waals surface area contributed by atoms with Crippen LogP contribution in [0.1, 0.15) is 30.0 Å². The Morgan fingerprint density at radius 2 is 1.53 bits per heavy atom. The van der Waals surface area contributed by atoms with Crippen LogP contribution >= 0.6 is 0 Å². The largest absolute Gasteiger partial charge is 0.466 e. The molecule has 0 radical (unpaired) electrons. The van der Waals surface area contributed by atoms with Gasteiger partial charge >= 0.3 is 28.4 Å². The van der Waals surface area contributed by atoms with Gasteiger partial charge in [-0.25, -0.2) is 0 Å². The van der Waals surface area contributed by atoms with Crippen LogP contribution in [0.4, 0.5) is 26.3 Å². The van der Waals surface area contributed by atoms with Crippen LogP contribution in [0.15, 0.2) is 64.7 Å². The summed E-state index contributed by atoms with van der Waals surface area (Å²) >= 11 is 0. The molecule has 0 aliphatic rings. The van der Waals surface area contributed by atoms with Crippen LogP contribution in [0.3, 0.4) is 0 Å². The molecule has 2 aromatic rings. The van der Waals surface area contributed by atoms with Crippen molar-refractivity contribution < 1.29 is 48.6 Å². The summed E-state index contributed by atoms with van der Waals surface area (Å²) in [5.41, 5.74) is -3.38. The zero-order chi connectivity index (χ0) is 25.6. The van der Waals surface area contributed by atoms with Gasteiger partial charge in [-0.3, -0.25) is 9.08 Å².